The molecule has 1 heterocycles. The van der Waals surface area contributed by atoms with E-state index in [1.54, 1.807) is 19.9 Å². The van der Waals surface area contributed by atoms with Crippen LogP contribution in [-0.4, -0.2) is 10.3 Å². The Bertz CT molecular complexity index is 559. The van der Waals surface area contributed by atoms with E-state index < -0.39 is 11.9 Å². The number of nitrogens with zero attached hydrogens (tertiary/aromatic N) is 1. The summed E-state index contributed by atoms with van der Waals surface area (Å²) in [6.07, 6.45) is -0.703. The monoisotopic (exact) mass is 265 g/mol. The summed E-state index contributed by atoms with van der Waals surface area (Å²) < 4.78 is 24.2. The summed E-state index contributed by atoms with van der Waals surface area (Å²) in [6, 6.07) is 4.42. The van der Waals surface area contributed by atoms with Crippen molar-refractivity contribution in [1.29, 1.82) is 0 Å². The summed E-state index contributed by atoms with van der Waals surface area (Å²) in [4.78, 5) is 0. The smallest absolute Gasteiger partial charge is 0.165 e. The molecule has 0 fully saturated rings. The maximum atomic E-state index is 13.8. The Morgan fingerprint density at radius 1 is 1.42 bits per heavy atom. The number of rotatable bonds is 4. The average Bonchev–Trinajstić information content (AvgIpc) is 2.68. The second kappa shape index (κ2) is 5.40. The second-order valence-corrected chi connectivity index (χ2v) is 4.46. The molecule has 2 rings (SSSR count). The van der Waals surface area contributed by atoms with E-state index >= 15 is 0 Å². The highest BCUT2D eigenvalue weighted by Gasteiger charge is 2.12. The molecule has 0 bridgehead atoms. The zero-order valence-electron chi connectivity index (χ0n) is 11.1. The van der Waals surface area contributed by atoms with Crippen LogP contribution in [0.15, 0.2) is 22.7 Å². The van der Waals surface area contributed by atoms with E-state index in [0.717, 1.165) is 11.3 Å². The Morgan fingerprint density at radius 2 is 2.16 bits per heavy atom. The second-order valence-electron chi connectivity index (χ2n) is 4.46. The number of hydrogen-bond donors (Lipinski definition) is 1. The minimum absolute atomic E-state index is 0.143. The van der Waals surface area contributed by atoms with Gasteiger partial charge in [-0.3, -0.25) is 0 Å². The first-order chi connectivity index (χ1) is 8.99. The number of aliphatic hydroxyl groups is 1. The molecule has 1 atom stereocenters. The summed E-state index contributed by atoms with van der Waals surface area (Å²) in [5.74, 6) is 0.313. The van der Waals surface area contributed by atoms with Gasteiger partial charge in [0.15, 0.2) is 11.6 Å². The molecule has 0 aliphatic rings. The third-order valence-electron chi connectivity index (χ3n) is 2.99. The summed E-state index contributed by atoms with van der Waals surface area (Å²) in [6.45, 7) is 5.37. The summed E-state index contributed by atoms with van der Waals surface area (Å²) >= 11 is 0. The summed E-state index contributed by atoms with van der Waals surface area (Å²) in [5.41, 5.74) is 2.07. The van der Waals surface area contributed by atoms with Gasteiger partial charge in [-0.1, -0.05) is 11.2 Å². The van der Waals surface area contributed by atoms with Crippen LogP contribution in [0, 0.1) is 19.7 Å². The van der Waals surface area contributed by atoms with Crippen molar-refractivity contribution < 1.29 is 18.8 Å². The molecule has 0 saturated heterocycles. The Labute approximate surface area is 110 Å². The quantitative estimate of drug-likeness (QED) is 0.923. The van der Waals surface area contributed by atoms with Crippen LogP contribution in [0.3, 0.4) is 0 Å². The highest BCUT2D eigenvalue weighted by atomic mass is 19.1. The topological polar surface area (TPSA) is 55.5 Å². The molecule has 2 aromatic rings. The zero-order chi connectivity index (χ0) is 14.0. The fourth-order valence-corrected chi connectivity index (χ4v) is 1.75. The number of ether oxygens (including phenoxy) is 1. The van der Waals surface area contributed by atoms with Gasteiger partial charge in [0.1, 0.15) is 12.4 Å². The van der Waals surface area contributed by atoms with Crippen LogP contribution in [0.1, 0.15) is 35.6 Å². The van der Waals surface area contributed by atoms with E-state index in [9.17, 15) is 9.50 Å². The van der Waals surface area contributed by atoms with Gasteiger partial charge in [0.2, 0.25) is 0 Å². The fraction of sp³-hybridized carbons (Fsp3) is 0.357. The lowest BCUT2D eigenvalue weighted by Gasteiger charge is -2.09. The zero-order valence-corrected chi connectivity index (χ0v) is 11.1. The van der Waals surface area contributed by atoms with Crippen molar-refractivity contribution >= 4 is 0 Å². The lowest BCUT2D eigenvalue weighted by molar-refractivity contribution is 0.198. The third-order valence-corrected chi connectivity index (χ3v) is 2.99. The average molecular weight is 265 g/mol. The molecule has 1 aromatic heterocycles. The molecule has 0 radical (unpaired) electrons. The van der Waals surface area contributed by atoms with E-state index in [1.165, 1.54) is 12.1 Å². The lowest BCUT2D eigenvalue weighted by Crippen LogP contribution is -2.00. The number of hydrogen-bond acceptors (Lipinski definition) is 4. The van der Waals surface area contributed by atoms with Crippen molar-refractivity contribution in [2.75, 3.05) is 0 Å². The summed E-state index contributed by atoms with van der Waals surface area (Å²) in [7, 11) is 0. The highest BCUT2D eigenvalue weighted by Crippen LogP contribution is 2.23. The van der Waals surface area contributed by atoms with E-state index in [1.807, 2.05) is 6.92 Å². The van der Waals surface area contributed by atoms with Crippen LogP contribution in [-0.2, 0) is 6.61 Å². The molecule has 4 nitrogen and oxygen atoms in total. The molecule has 0 amide bonds. The van der Waals surface area contributed by atoms with Crippen molar-refractivity contribution in [3.05, 3.63) is 46.6 Å². The van der Waals surface area contributed by atoms with Crippen LogP contribution in [0.2, 0.25) is 0 Å². The minimum atomic E-state index is -0.703. The Kier molecular flexibility index (Phi) is 3.85. The van der Waals surface area contributed by atoms with Gasteiger partial charge < -0.3 is 14.4 Å². The van der Waals surface area contributed by atoms with Crippen LogP contribution >= 0.6 is 0 Å². The first-order valence-electron chi connectivity index (χ1n) is 6.01. The van der Waals surface area contributed by atoms with Crippen molar-refractivity contribution in [2.24, 2.45) is 0 Å². The van der Waals surface area contributed by atoms with E-state index in [4.69, 9.17) is 9.26 Å². The first kappa shape index (κ1) is 13.5. The van der Waals surface area contributed by atoms with E-state index in [-0.39, 0.29) is 12.4 Å². The minimum Gasteiger partial charge on any atom is -0.486 e. The largest absolute Gasteiger partial charge is 0.486 e. The van der Waals surface area contributed by atoms with Gasteiger partial charge in [0.05, 0.1) is 17.4 Å². The van der Waals surface area contributed by atoms with Crippen LogP contribution in [0.25, 0.3) is 0 Å². The molecular weight excluding hydrogens is 249 g/mol. The van der Waals surface area contributed by atoms with E-state index in [0.29, 0.717) is 11.3 Å². The molecule has 0 aliphatic carbocycles. The lowest BCUT2D eigenvalue weighted by atomic mass is 10.1. The Balaban J connectivity index is 2.12. The van der Waals surface area contributed by atoms with Crippen molar-refractivity contribution in [2.45, 2.75) is 33.5 Å². The van der Waals surface area contributed by atoms with Gasteiger partial charge in [-0.05, 0) is 38.5 Å². The predicted molar refractivity (Wildman–Crippen MR) is 67.3 cm³/mol. The molecule has 0 unspecified atom stereocenters. The van der Waals surface area contributed by atoms with Crippen LogP contribution < -0.4 is 4.74 Å². The van der Waals surface area contributed by atoms with E-state index in [2.05, 4.69) is 5.16 Å². The molecule has 0 saturated carbocycles. The van der Waals surface area contributed by atoms with Crippen molar-refractivity contribution in [3.63, 3.8) is 0 Å². The van der Waals surface area contributed by atoms with Crippen molar-refractivity contribution in [1.82, 2.24) is 5.16 Å². The predicted octanol–water partition coefficient (Wildman–Crippen LogP) is 3.06. The van der Waals surface area contributed by atoms with Gasteiger partial charge >= 0.3 is 0 Å². The summed E-state index contributed by atoms with van der Waals surface area (Å²) in [5, 5.41) is 13.2. The van der Waals surface area contributed by atoms with Gasteiger partial charge in [0, 0.05) is 0 Å². The molecule has 1 aromatic carbocycles. The SMILES string of the molecule is Cc1noc(C)c1COc1ccc([C@@H](C)O)cc1F. The molecule has 0 aliphatic heterocycles. The standard InChI is InChI=1S/C14H16FNO3/c1-8-12(10(3)19-16-8)7-18-14-5-4-11(9(2)17)6-13(14)15/h4-6,9,17H,7H2,1-3H3/t9-/m1/s1. The van der Waals surface area contributed by atoms with Gasteiger partial charge in [-0.2, -0.15) is 0 Å². The molecule has 5 heteroatoms. The maximum Gasteiger partial charge on any atom is 0.165 e. The van der Waals surface area contributed by atoms with Gasteiger partial charge in [0.25, 0.3) is 0 Å². The third kappa shape index (κ3) is 2.93. The Hall–Kier alpha value is -1.88. The molecule has 0 spiro atoms. The number of benzene rings is 1. The first-order valence-corrected chi connectivity index (χ1v) is 6.01. The van der Waals surface area contributed by atoms with Gasteiger partial charge in [-0.25, -0.2) is 4.39 Å². The molecular formula is C14H16FNO3. The number of aromatic nitrogens is 1. The highest BCUT2D eigenvalue weighted by molar-refractivity contribution is 5.31. The number of aryl methyl sites for hydroxylation is 2. The molecule has 102 valence electrons. The van der Waals surface area contributed by atoms with Crippen molar-refractivity contribution in [3.8, 4) is 5.75 Å². The molecule has 1 N–H and O–H groups in total. The Morgan fingerprint density at radius 3 is 2.68 bits per heavy atom. The van der Waals surface area contributed by atoms with Gasteiger partial charge in [-0.15, -0.1) is 0 Å². The van der Waals surface area contributed by atoms with Crippen LogP contribution in [0.4, 0.5) is 4.39 Å². The number of halogens is 1. The van der Waals surface area contributed by atoms with Crippen LogP contribution in [0.5, 0.6) is 5.75 Å². The fourth-order valence-electron chi connectivity index (χ4n) is 1.75. The number of aliphatic hydroxyl groups excluding tert-OH is 1. The molecule has 19 heavy (non-hydrogen) atoms. The normalized spacial score (nSPS) is 12.5. The maximum absolute atomic E-state index is 13.8.